The number of nitrogens with one attached hydrogen (secondary N) is 1. The minimum atomic E-state index is -1.02. The molecule has 25 heavy (non-hydrogen) atoms. The van der Waals surface area contributed by atoms with Crippen molar-refractivity contribution in [2.24, 2.45) is 0 Å². The highest BCUT2D eigenvalue weighted by Crippen LogP contribution is 2.19. The van der Waals surface area contributed by atoms with E-state index in [0.717, 1.165) is 30.7 Å². The number of ether oxygens (including phenoxy) is 1. The van der Waals surface area contributed by atoms with Crippen molar-refractivity contribution in [2.75, 3.05) is 13.6 Å². The summed E-state index contributed by atoms with van der Waals surface area (Å²) in [6.07, 6.45) is 1.97. The lowest BCUT2D eigenvalue weighted by atomic mass is 10.0. The molecule has 0 unspecified atom stereocenters. The summed E-state index contributed by atoms with van der Waals surface area (Å²) in [5.74, 6) is -0.496. The molecule has 0 aliphatic carbocycles. The third kappa shape index (κ3) is 5.74. The Bertz CT molecular complexity index is 607. The van der Waals surface area contributed by atoms with Crippen LogP contribution in [0.3, 0.4) is 0 Å². The Morgan fingerprint density at radius 1 is 1.32 bits per heavy atom. The van der Waals surface area contributed by atoms with Gasteiger partial charge in [0, 0.05) is 6.42 Å². The maximum absolute atomic E-state index is 12.3. The summed E-state index contributed by atoms with van der Waals surface area (Å²) in [4.78, 5) is 25.8. The molecule has 0 aromatic heterocycles. The number of rotatable bonds is 6. The van der Waals surface area contributed by atoms with E-state index in [4.69, 9.17) is 4.74 Å². The highest BCUT2D eigenvalue weighted by Gasteiger charge is 2.30. The summed E-state index contributed by atoms with van der Waals surface area (Å²) in [5, 5.41) is 12.1. The van der Waals surface area contributed by atoms with Gasteiger partial charge in [-0.05, 0) is 64.9 Å². The number of nitrogens with zero attached hydrogens (tertiary/aromatic N) is 1. The Labute approximate surface area is 149 Å². The molecule has 0 bridgehead atoms. The van der Waals surface area contributed by atoms with E-state index in [1.54, 1.807) is 0 Å². The van der Waals surface area contributed by atoms with E-state index in [9.17, 15) is 14.7 Å². The van der Waals surface area contributed by atoms with E-state index >= 15 is 0 Å². The summed E-state index contributed by atoms with van der Waals surface area (Å²) in [5.41, 5.74) is 0.556. The van der Waals surface area contributed by atoms with Crippen LogP contribution < -0.4 is 10.1 Å². The van der Waals surface area contributed by atoms with Crippen molar-refractivity contribution in [2.45, 2.75) is 57.7 Å². The maximum Gasteiger partial charge on any atom is 0.326 e. The number of aliphatic carboxylic acids is 1. The molecule has 6 nitrogen and oxygen atoms in total. The fraction of sp³-hybridized carbons (Fsp3) is 0.579. The quantitative estimate of drug-likeness (QED) is 0.823. The van der Waals surface area contributed by atoms with E-state index in [2.05, 4.69) is 5.32 Å². The molecule has 1 heterocycles. The molecular formula is C19H28N2O4. The van der Waals surface area contributed by atoms with Crippen LogP contribution in [0.1, 0.15) is 39.2 Å². The van der Waals surface area contributed by atoms with Crippen molar-refractivity contribution in [1.82, 2.24) is 10.2 Å². The molecule has 6 heteroatoms. The predicted octanol–water partition coefficient (Wildman–Crippen LogP) is 2.07. The fourth-order valence-corrected chi connectivity index (χ4v) is 2.99. The molecule has 2 rings (SSSR count). The molecule has 1 aliphatic heterocycles. The van der Waals surface area contributed by atoms with Crippen LogP contribution in [0.25, 0.3) is 0 Å². The monoisotopic (exact) mass is 348 g/mol. The third-order valence-corrected chi connectivity index (χ3v) is 4.22. The Kier molecular flexibility index (Phi) is 6.06. The first kappa shape index (κ1) is 19.2. The van der Waals surface area contributed by atoms with Crippen LogP contribution in [0.5, 0.6) is 5.75 Å². The van der Waals surface area contributed by atoms with Gasteiger partial charge in [-0.15, -0.1) is 0 Å². The summed E-state index contributed by atoms with van der Waals surface area (Å²) in [6.45, 7) is 6.77. The summed E-state index contributed by atoms with van der Waals surface area (Å²) < 4.78 is 5.76. The van der Waals surface area contributed by atoms with E-state index in [0.29, 0.717) is 0 Å². The van der Waals surface area contributed by atoms with Crippen LogP contribution in [0, 0.1) is 0 Å². The summed E-state index contributed by atoms with van der Waals surface area (Å²) >= 11 is 0. The molecule has 0 spiro atoms. The normalized spacial score (nSPS) is 19.4. The number of carbonyl (C=O) groups excluding carboxylic acids is 1. The number of carbonyl (C=O) groups is 2. The Morgan fingerprint density at radius 2 is 1.96 bits per heavy atom. The first-order chi connectivity index (χ1) is 11.7. The van der Waals surface area contributed by atoms with Crippen LogP contribution in [0.2, 0.25) is 0 Å². The van der Waals surface area contributed by atoms with Crippen molar-refractivity contribution in [3.63, 3.8) is 0 Å². The van der Waals surface area contributed by atoms with Gasteiger partial charge in [-0.1, -0.05) is 12.1 Å². The van der Waals surface area contributed by atoms with E-state index in [-0.39, 0.29) is 24.0 Å². The fourth-order valence-electron chi connectivity index (χ4n) is 2.99. The first-order valence-electron chi connectivity index (χ1n) is 8.67. The van der Waals surface area contributed by atoms with Gasteiger partial charge in [-0.3, -0.25) is 9.69 Å². The SMILES string of the molecule is CN1CCC[C@H]1C(=O)N[C@@H](Cc1ccc(OC(C)(C)C)cc1)C(=O)O. The lowest BCUT2D eigenvalue weighted by Gasteiger charge is -2.22. The maximum atomic E-state index is 12.3. The second-order valence-corrected chi connectivity index (χ2v) is 7.60. The second-order valence-electron chi connectivity index (χ2n) is 7.60. The number of amides is 1. The lowest BCUT2D eigenvalue weighted by Crippen LogP contribution is -2.49. The van der Waals surface area contributed by atoms with Crippen molar-refractivity contribution in [3.8, 4) is 5.75 Å². The van der Waals surface area contributed by atoms with Gasteiger partial charge in [0.15, 0.2) is 0 Å². The van der Waals surface area contributed by atoms with Crippen molar-refractivity contribution < 1.29 is 19.4 Å². The highest BCUT2D eigenvalue weighted by atomic mass is 16.5. The molecule has 1 fully saturated rings. The van der Waals surface area contributed by atoms with Crippen LogP contribution in [-0.4, -0.2) is 53.2 Å². The minimum absolute atomic E-state index is 0.208. The van der Waals surface area contributed by atoms with Crippen LogP contribution >= 0.6 is 0 Å². The van der Waals surface area contributed by atoms with Gasteiger partial charge < -0.3 is 15.2 Å². The minimum Gasteiger partial charge on any atom is -0.488 e. The molecular weight excluding hydrogens is 320 g/mol. The molecule has 1 aromatic carbocycles. The van der Waals surface area contributed by atoms with Crippen molar-refractivity contribution in [3.05, 3.63) is 29.8 Å². The number of hydrogen-bond acceptors (Lipinski definition) is 4. The smallest absolute Gasteiger partial charge is 0.326 e. The zero-order valence-electron chi connectivity index (χ0n) is 15.4. The van der Waals surface area contributed by atoms with Gasteiger partial charge >= 0.3 is 5.97 Å². The second kappa shape index (κ2) is 7.87. The number of likely N-dealkylation sites (tertiary alicyclic amines) is 1. The zero-order chi connectivity index (χ0) is 18.6. The van der Waals surface area contributed by atoms with Crippen LogP contribution in [0.4, 0.5) is 0 Å². The lowest BCUT2D eigenvalue weighted by molar-refractivity contribution is -0.142. The van der Waals surface area contributed by atoms with Gasteiger partial charge in [-0.25, -0.2) is 4.79 Å². The molecule has 0 radical (unpaired) electrons. The standard InChI is InChI=1S/C19H28N2O4/c1-19(2,3)25-14-9-7-13(8-10-14)12-15(18(23)24)20-17(22)16-6-5-11-21(16)4/h7-10,15-16H,5-6,11-12H2,1-4H3,(H,20,22)(H,23,24)/t15-,16-/m0/s1. The van der Waals surface area contributed by atoms with Crippen molar-refractivity contribution >= 4 is 11.9 Å². The van der Waals surface area contributed by atoms with Gasteiger partial charge in [0.05, 0.1) is 6.04 Å². The van der Waals surface area contributed by atoms with E-state index in [1.165, 1.54) is 0 Å². The molecule has 0 saturated carbocycles. The molecule has 1 aromatic rings. The topological polar surface area (TPSA) is 78.9 Å². The number of likely N-dealkylation sites (N-methyl/N-ethyl adjacent to an activating group) is 1. The van der Waals surface area contributed by atoms with Crippen LogP contribution in [-0.2, 0) is 16.0 Å². The molecule has 2 atom stereocenters. The van der Waals surface area contributed by atoms with Gasteiger partial charge in [0.25, 0.3) is 0 Å². The largest absolute Gasteiger partial charge is 0.488 e. The highest BCUT2D eigenvalue weighted by molar-refractivity contribution is 5.87. The number of hydrogen-bond donors (Lipinski definition) is 2. The third-order valence-electron chi connectivity index (χ3n) is 4.22. The first-order valence-corrected chi connectivity index (χ1v) is 8.67. The summed E-state index contributed by atoms with van der Waals surface area (Å²) in [7, 11) is 1.89. The average Bonchev–Trinajstić information content (AvgIpc) is 2.93. The molecule has 1 amide bonds. The molecule has 2 N–H and O–H groups in total. The Morgan fingerprint density at radius 3 is 2.44 bits per heavy atom. The van der Waals surface area contributed by atoms with Gasteiger partial charge in [-0.2, -0.15) is 0 Å². The predicted molar refractivity (Wildman–Crippen MR) is 95.7 cm³/mol. The summed E-state index contributed by atoms with van der Waals surface area (Å²) in [6, 6.07) is 6.16. The van der Waals surface area contributed by atoms with Gasteiger partial charge in [0.2, 0.25) is 5.91 Å². The van der Waals surface area contributed by atoms with Crippen LogP contribution in [0.15, 0.2) is 24.3 Å². The Hall–Kier alpha value is -2.08. The van der Waals surface area contributed by atoms with Crippen molar-refractivity contribution in [1.29, 1.82) is 0 Å². The van der Waals surface area contributed by atoms with Gasteiger partial charge in [0.1, 0.15) is 17.4 Å². The van der Waals surface area contributed by atoms with E-state index in [1.807, 2.05) is 57.0 Å². The molecule has 1 saturated heterocycles. The number of benzene rings is 1. The molecule has 1 aliphatic rings. The zero-order valence-corrected chi connectivity index (χ0v) is 15.4. The number of carboxylic acid groups (broad SMARTS) is 1. The van der Waals surface area contributed by atoms with E-state index < -0.39 is 12.0 Å². The molecule has 138 valence electrons. The number of carboxylic acids is 1. The Balaban J connectivity index is 1.99. The average molecular weight is 348 g/mol.